The molecular formula is C8H12F6OSn. The van der Waals surface area contributed by atoms with E-state index in [-0.39, 0.29) is 21.7 Å². The predicted octanol–water partition coefficient (Wildman–Crippen LogP) is 4.09. The Kier molecular flexibility index (Phi) is 6.88. The summed E-state index contributed by atoms with van der Waals surface area (Å²) in [4.78, 5) is 0. The third kappa shape index (κ3) is 12.2. The van der Waals surface area contributed by atoms with Crippen LogP contribution in [0, 0.1) is 0 Å². The summed E-state index contributed by atoms with van der Waals surface area (Å²) in [5.41, 5.74) is 0. The normalized spacial score (nSPS) is 12.9. The fraction of sp³-hybridized carbons (Fsp3) is 1.00. The molecule has 0 atom stereocenters. The number of alkyl halides is 6. The minimum absolute atomic E-state index is 0.0282. The second kappa shape index (κ2) is 6.80. The Hall–Kier alpha value is 0.179. The fourth-order valence-electron chi connectivity index (χ4n) is 1.10. The van der Waals surface area contributed by atoms with Gasteiger partial charge in [0, 0.05) is 0 Å². The molecule has 16 heavy (non-hydrogen) atoms. The summed E-state index contributed by atoms with van der Waals surface area (Å²) in [6, 6.07) is 0. The van der Waals surface area contributed by atoms with Gasteiger partial charge in [-0.2, -0.15) is 0 Å². The van der Waals surface area contributed by atoms with Crippen LogP contribution in [0.2, 0.25) is 8.87 Å². The van der Waals surface area contributed by atoms with Crippen molar-refractivity contribution < 1.29 is 29.4 Å². The van der Waals surface area contributed by atoms with Gasteiger partial charge in [-0.25, -0.2) is 0 Å². The number of rotatable bonds is 6. The van der Waals surface area contributed by atoms with Gasteiger partial charge in [0.25, 0.3) is 0 Å². The molecule has 0 aliphatic rings. The molecule has 0 aliphatic carbocycles. The van der Waals surface area contributed by atoms with Crippen molar-refractivity contribution in [1.29, 1.82) is 0 Å². The molecule has 1 nitrogen and oxygen atoms in total. The van der Waals surface area contributed by atoms with Gasteiger partial charge in [-0.3, -0.25) is 0 Å². The van der Waals surface area contributed by atoms with Crippen LogP contribution in [0.15, 0.2) is 0 Å². The van der Waals surface area contributed by atoms with Gasteiger partial charge < -0.3 is 0 Å². The van der Waals surface area contributed by atoms with E-state index in [1.807, 2.05) is 0 Å². The zero-order valence-corrected chi connectivity index (χ0v) is 11.3. The molecule has 8 heteroatoms. The summed E-state index contributed by atoms with van der Waals surface area (Å²) < 4.78 is 81.2. The molecule has 0 saturated heterocycles. The summed E-state index contributed by atoms with van der Waals surface area (Å²) in [6.45, 7) is 0. The van der Waals surface area contributed by atoms with Crippen molar-refractivity contribution in [1.82, 2.24) is 0 Å². The molecule has 0 bridgehead atoms. The van der Waals surface area contributed by atoms with Crippen molar-refractivity contribution in [3.05, 3.63) is 0 Å². The molecule has 0 N–H and O–H groups in total. The van der Waals surface area contributed by atoms with E-state index in [2.05, 4.69) is 0 Å². The van der Waals surface area contributed by atoms with E-state index in [0.717, 1.165) is 0 Å². The van der Waals surface area contributed by atoms with E-state index in [9.17, 15) is 29.4 Å². The van der Waals surface area contributed by atoms with Crippen molar-refractivity contribution in [2.24, 2.45) is 0 Å². The summed E-state index contributed by atoms with van der Waals surface area (Å²) >= 11 is -3.17. The molecule has 0 aromatic heterocycles. The van der Waals surface area contributed by atoms with Crippen LogP contribution >= 0.6 is 0 Å². The van der Waals surface area contributed by atoms with E-state index in [0.29, 0.717) is 0 Å². The fourth-order valence-corrected chi connectivity index (χ4v) is 5.07. The van der Waals surface area contributed by atoms with E-state index in [4.69, 9.17) is 0 Å². The van der Waals surface area contributed by atoms with E-state index < -0.39 is 44.9 Å². The van der Waals surface area contributed by atoms with Gasteiger partial charge in [0.2, 0.25) is 0 Å². The molecule has 0 aliphatic heterocycles. The molecule has 0 amide bonds. The van der Waals surface area contributed by atoms with Crippen molar-refractivity contribution in [3.63, 3.8) is 0 Å². The van der Waals surface area contributed by atoms with Gasteiger partial charge in [0.15, 0.2) is 0 Å². The first-order chi connectivity index (χ1) is 7.10. The predicted molar refractivity (Wildman–Crippen MR) is 46.6 cm³/mol. The molecular weight excluding hydrogens is 345 g/mol. The second-order valence-corrected chi connectivity index (χ2v) is 9.41. The van der Waals surface area contributed by atoms with E-state index >= 15 is 0 Å². The molecule has 0 saturated carbocycles. The van der Waals surface area contributed by atoms with Crippen molar-refractivity contribution in [3.8, 4) is 0 Å². The Bertz CT molecular complexity index is 200. The van der Waals surface area contributed by atoms with Crippen LogP contribution < -0.4 is 0 Å². The Morgan fingerprint density at radius 2 is 1.06 bits per heavy atom. The van der Waals surface area contributed by atoms with Crippen LogP contribution in [0.3, 0.4) is 0 Å². The summed E-state index contributed by atoms with van der Waals surface area (Å²) in [5.74, 6) is 0. The molecule has 0 spiro atoms. The standard InChI is InChI=1S/2C4H6F3.O.Sn/c2*1-2-3-4(5,6)7;;/h2*1-3H2;;. The quantitative estimate of drug-likeness (QED) is 0.517. The Morgan fingerprint density at radius 3 is 1.31 bits per heavy atom. The molecule has 0 fully saturated rings. The number of hydrogen-bond acceptors (Lipinski definition) is 1. The number of halogens is 6. The van der Waals surface area contributed by atoms with Gasteiger partial charge >= 0.3 is 96.1 Å². The molecule has 0 unspecified atom stereocenters. The summed E-state index contributed by atoms with van der Waals surface area (Å²) in [6.07, 6.45) is -11.0. The molecule has 0 rings (SSSR count). The van der Waals surface area contributed by atoms with Crippen molar-refractivity contribution >= 4 is 19.7 Å². The van der Waals surface area contributed by atoms with Crippen LogP contribution in [0.4, 0.5) is 26.3 Å². The van der Waals surface area contributed by atoms with E-state index in [1.54, 1.807) is 0 Å². The van der Waals surface area contributed by atoms with Crippen molar-refractivity contribution in [2.75, 3.05) is 0 Å². The van der Waals surface area contributed by atoms with Gasteiger partial charge in [0.05, 0.1) is 0 Å². The average molecular weight is 357 g/mol. The van der Waals surface area contributed by atoms with Crippen LogP contribution in [0.1, 0.15) is 25.7 Å². The Labute approximate surface area is 96.3 Å². The third-order valence-electron chi connectivity index (χ3n) is 1.83. The zero-order chi connectivity index (χ0) is 12.8. The van der Waals surface area contributed by atoms with E-state index in [1.165, 1.54) is 0 Å². The molecule has 0 radical (unpaired) electrons. The van der Waals surface area contributed by atoms with Gasteiger partial charge in [-0.15, -0.1) is 0 Å². The maximum atomic E-state index is 11.7. The van der Waals surface area contributed by atoms with Crippen LogP contribution in [-0.4, -0.2) is 32.1 Å². The number of hydrogen-bond donors (Lipinski definition) is 0. The molecule has 0 aromatic carbocycles. The third-order valence-corrected chi connectivity index (χ3v) is 7.03. The van der Waals surface area contributed by atoms with Crippen LogP contribution in [0.25, 0.3) is 0 Å². The molecule has 0 aromatic rings. The van der Waals surface area contributed by atoms with Gasteiger partial charge in [-0.1, -0.05) is 0 Å². The SMILES string of the molecule is [O]=[Sn]([CH2]CCC(F)(F)F)[CH2]CCC(F)(F)F. The Morgan fingerprint density at radius 1 is 0.750 bits per heavy atom. The molecule has 0 heterocycles. The van der Waals surface area contributed by atoms with Crippen LogP contribution in [-0.2, 0) is 3.08 Å². The van der Waals surface area contributed by atoms with Gasteiger partial charge in [0.1, 0.15) is 0 Å². The summed E-state index contributed by atoms with van der Waals surface area (Å²) in [7, 11) is 0. The topological polar surface area (TPSA) is 17.1 Å². The molecule has 96 valence electrons. The first-order valence-corrected chi connectivity index (χ1v) is 9.95. The maximum absolute atomic E-state index is 11.7. The Balaban J connectivity index is 3.53. The minimum atomic E-state index is -4.27. The zero-order valence-electron chi connectivity index (χ0n) is 8.42. The van der Waals surface area contributed by atoms with Gasteiger partial charge in [-0.05, 0) is 0 Å². The average Bonchev–Trinajstić information content (AvgIpc) is 1.98. The van der Waals surface area contributed by atoms with Crippen LogP contribution in [0.5, 0.6) is 0 Å². The monoisotopic (exact) mass is 358 g/mol. The second-order valence-electron chi connectivity index (χ2n) is 3.48. The first kappa shape index (κ1) is 16.2. The first-order valence-electron chi connectivity index (χ1n) is 4.75. The summed E-state index contributed by atoms with van der Waals surface area (Å²) in [5, 5.41) is 0. The van der Waals surface area contributed by atoms with Crippen molar-refractivity contribution in [2.45, 2.75) is 46.9 Å².